The molecule has 0 bridgehead atoms. The van der Waals surface area contributed by atoms with Crippen molar-refractivity contribution < 1.29 is 14.7 Å². The van der Waals surface area contributed by atoms with Crippen LogP contribution in [-0.4, -0.2) is 24.0 Å². The van der Waals surface area contributed by atoms with Crippen LogP contribution in [0.1, 0.15) is 33.1 Å². The fraction of sp³-hybridized carbons (Fsp3) is 0.636. The number of ether oxygens (including phenoxy) is 1. The molecular weight excluding hydrogens is 194 g/mol. The molecule has 1 N–H and O–H groups in total. The average Bonchev–Trinajstić information content (AvgIpc) is 2.22. The Morgan fingerprint density at radius 1 is 1.53 bits per heavy atom. The van der Waals surface area contributed by atoms with E-state index >= 15 is 0 Å². The van der Waals surface area contributed by atoms with E-state index in [1.54, 1.807) is 6.92 Å². The zero-order valence-corrected chi connectivity index (χ0v) is 9.62. The fourth-order valence-corrected chi connectivity index (χ4v) is 1.24. The highest BCUT2D eigenvalue weighted by Crippen LogP contribution is 2.20. The summed E-state index contributed by atoms with van der Waals surface area (Å²) in [4.78, 5) is 11.1. The topological polar surface area (TPSA) is 58.9 Å². The van der Waals surface area contributed by atoms with Crippen molar-refractivity contribution in [3.63, 3.8) is 0 Å². The smallest absolute Gasteiger partial charge is 0.306 e. The van der Waals surface area contributed by atoms with Gasteiger partial charge in [-0.05, 0) is 32.6 Å². The predicted octanol–water partition coefficient (Wildman–Crippen LogP) is 2.37. The van der Waals surface area contributed by atoms with Crippen molar-refractivity contribution in [3.05, 3.63) is 12.2 Å². The lowest BCUT2D eigenvalue weighted by atomic mass is 9.92. The van der Waals surface area contributed by atoms with Crippen molar-refractivity contribution in [1.82, 2.24) is 0 Å². The van der Waals surface area contributed by atoms with Gasteiger partial charge in [0.15, 0.2) is 0 Å². The second-order valence-electron chi connectivity index (χ2n) is 3.70. The van der Waals surface area contributed by atoms with Crippen LogP contribution in [0.15, 0.2) is 17.3 Å². The van der Waals surface area contributed by atoms with Crippen molar-refractivity contribution in [2.45, 2.75) is 33.1 Å². The van der Waals surface area contributed by atoms with Gasteiger partial charge in [-0.2, -0.15) is 0 Å². The summed E-state index contributed by atoms with van der Waals surface area (Å²) in [6.07, 6.45) is 1.75. The molecule has 0 heterocycles. The Kier molecular flexibility index (Phi) is 6.42. The Hall–Kier alpha value is -1.32. The van der Waals surface area contributed by atoms with Crippen molar-refractivity contribution in [3.8, 4) is 0 Å². The number of methoxy groups -OCH3 is 1. The number of oxime groups is 1. The number of nitrogens with zero attached hydrogens (tertiary/aromatic N) is 1. The molecule has 1 atom stereocenters. The van der Waals surface area contributed by atoms with E-state index in [1.807, 2.05) is 6.92 Å². The van der Waals surface area contributed by atoms with Crippen LogP contribution in [0.2, 0.25) is 0 Å². The molecule has 0 unspecified atom stereocenters. The van der Waals surface area contributed by atoms with E-state index < -0.39 is 0 Å². The van der Waals surface area contributed by atoms with Gasteiger partial charge in [0.1, 0.15) is 0 Å². The van der Waals surface area contributed by atoms with Crippen molar-refractivity contribution in [1.29, 1.82) is 0 Å². The molecule has 0 aliphatic carbocycles. The number of carbonyl (C=O) groups excluding carboxylic acids is 1. The predicted molar refractivity (Wildman–Crippen MR) is 59.1 cm³/mol. The zero-order chi connectivity index (χ0) is 11.8. The highest BCUT2D eigenvalue weighted by atomic mass is 16.5. The molecule has 0 radical (unpaired) electrons. The molecule has 0 aromatic carbocycles. The van der Waals surface area contributed by atoms with E-state index in [1.165, 1.54) is 7.11 Å². The monoisotopic (exact) mass is 213 g/mol. The molecule has 0 saturated heterocycles. The normalized spacial score (nSPS) is 13.4. The van der Waals surface area contributed by atoms with Crippen LogP contribution < -0.4 is 0 Å². The van der Waals surface area contributed by atoms with Gasteiger partial charge in [0.05, 0.1) is 19.2 Å². The molecule has 86 valence electrons. The second kappa shape index (κ2) is 7.04. The summed E-state index contributed by atoms with van der Waals surface area (Å²) in [5.41, 5.74) is 1.61. The standard InChI is InChI=1S/C11H19NO3/c1-8(2)10(7-11(13)15-4)6-5-9(3)12-14/h10,14H,1,5-7H2,2-4H3/b12-9-/t10-/m0/s1. The van der Waals surface area contributed by atoms with Crippen LogP contribution in [0.5, 0.6) is 0 Å². The van der Waals surface area contributed by atoms with Crippen LogP contribution in [0, 0.1) is 5.92 Å². The minimum absolute atomic E-state index is 0.0918. The van der Waals surface area contributed by atoms with Crippen LogP contribution in [-0.2, 0) is 9.53 Å². The van der Waals surface area contributed by atoms with Gasteiger partial charge in [0.2, 0.25) is 0 Å². The minimum Gasteiger partial charge on any atom is -0.469 e. The largest absolute Gasteiger partial charge is 0.469 e. The van der Waals surface area contributed by atoms with Gasteiger partial charge >= 0.3 is 5.97 Å². The van der Waals surface area contributed by atoms with Gasteiger partial charge < -0.3 is 9.94 Å². The summed E-state index contributed by atoms with van der Waals surface area (Å²) >= 11 is 0. The first-order chi connectivity index (χ1) is 7.01. The maximum atomic E-state index is 11.1. The Bertz CT molecular complexity index is 259. The summed E-state index contributed by atoms with van der Waals surface area (Å²) < 4.78 is 4.60. The molecule has 0 amide bonds. The zero-order valence-electron chi connectivity index (χ0n) is 9.62. The molecule has 4 heteroatoms. The molecule has 0 saturated carbocycles. The maximum Gasteiger partial charge on any atom is 0.306 e. The van der Waals surface area contributed by atoms with Crippen LogP contribution in [0.25, 0.3) is 0 Å². The number of rotatable bonds is 6. The van der Waals surface area contributed by atoms with E-state index in [4.69, 9.17) is 5.21 Å². The maximum absolute atomic E-state index is 11.1. The number of hydrogen-bond acceptors (Lipinski definition) is 4. The van der Waals surface area contributed by atoms with Gasteiger partial charge in [-0.3, -0.25) is 4.79 Å². The Morgan fingerprint density at radius 3 is 2.53 bits per heavy atom. The van der Waals surface area contributed by atoms with Gasteiger partial charge in [-0.15, -0.1) is 0 Å². The van der Waals surface area contributed by atoms with E-state index in [-0.39, 0.29) is 11.9 Å². The second-order valence-corrected chi connectivity index (χ2v) is 3.70. The summed E-state index contributed by atoms with van der Waals surface area (Å²) in [7, 11) is 1.37. The molecule has 0 aliphatic heterocycles. The first-order valence-electron chi connectivity index (χ1n) is 4.91. The fourth-order valence-electron chi connectivity index (χ4n) is 1.24. The minimum atomic E-state index is -0.235. The summed E-state index contributed by atoms with van der Waals surface area (Å²) in [5.74, 6) is -0.143. The summed E-state index contributed by atoms with van der Waals surface area (Å²) in [6, 6.07) is 0. The Balaban J connectivity index is 4.17. The molecule has 0 aromatic rings. The van der Waals surface area contributed by atoms with E-state index in [0.717, 1.165) is 12.0 Å². The first kappa shape index (κ1) is 13.7. The molecule has 0 fully saturated rings. The molecule has 15 heavy (non-hydrogen) atoms. The van der Waals surface area contributed by atoms with E-state index in [0.29, 0.717) is 18.6 Å². The van der Waals surface area contributed by atoms with Gasteiger partial charge in [0.25, 0.3) is 0 Å². The van der Waals surface area contributed by atoms with Gasteiger partial charge in [-0.25, -0.2) is 0 Å². The van der Waals surface area contributed by atoms with Crippen LogP contribution >= 0.6 is 0 Å². The first-order valence-corrected chi connectivity index (χ1v) is 4.91. The highest BCUT2D eigenvalue weighted by molar-refractivity contribution is 5.81. The number of carbonyl (C=O) groups is 1. The third-order valence-corrected chi connectivity index (χ3v) is 2.36. The summed E-state index contributed by atoms with van der Waals surface area (Å²) in [5, 5.41) is 11.6. The lowest BCUT2D eigenvalue weighted by Gasteiger charge is -2.14. The Labute approximate surface area is 90.6 Å². The molecule has 4 nitrogen and oxygen atoms in total. The quantitative estimate of drug-likeness (QED) is 0.242. The Morgan fingerprint density at radius 2 is 2.13 bits per heavy atom. The van der Waals surface area contributed by atoms with Gasteiger partial charge in [0, 0.05) is 0 Å². The third-order valence-electron chi connectivity index (χ3n) is 2.36. The lowest BCUT2D eigenvalue weighted by molar-refractivity contribution is -0.141. The SMILES string of the molecule is C=C(C)[C@@H](CC/C(C)=N\O)CC(=O)OC. The lowest BCUT2D eigenvalue weighted by Crippen LogP contribution is -2.12. The average molecular weight is 213 g/mol. The van der Waals surface area contributed by atoms with Crippen molar-refractivity contribution >= 4 is 11.7 Å². The number of esters is 1. The molecular formula is C11H19NO3. The van der Waals surface area contributed by atoms with E-state index in [2.05, 4.69) is 16.5 Å². The number of allylic oxidation sites excluding steroid dienone is 1. The summed E-state index contributed by atoms with van der Waals surface area (Å²) in [6.45, 7) is 7.47. The molecule has 0 aliphatic rings. The van der Waals surface area contributed by atoms with E-state index in [9.17, 15) is 4.79 Å². The molecule has 0 spiro atoms. The van der Waals surface area contributed by atoms with Gasteiger partial charge in [-0.1, -0.05) is 17.3 Å². The van der Waals surface area contributed by atoms with Crippen LogP contribution in [0.3, 0.4) is 0 Å². The third kappa shape index (κ3) is 5.88. The highest BCUT2D eigenvalue weighted by Gasteiger charge is 2.15. The van der Waals surface area contributed by atoms with Crippen molar-refractivity contribution in [2.75, 3.05) is 7.11 Å². The van der Waals surface area contributed by atoms with Crippen LogP contribution in [0.4, 0.5) is 0 Å². The van der Waals surface area contributed by atoms with Crippen molar-refractivity contribution in [2.24, 2.45) is 11.1 Å². The molecule has 0 rings (SSSR count). The number of hydrogen-bond donors (Lipinski definition) is 1. The molecule has 0 aromatic heterocycles.